The Morgan fingerprint density at radius 1 is 1.11 bits per heavy atom. The molecule has 0 aromatic heterocycles. The molecule has 0 radical (unpaired) electrons. The lowest BCUT2D eigenvalue weighted by Gasteiger charge is -2.47. The minimum Gasteiger partial charge on any atom is -0.545 e. The van der Waals surface area contributed by atoms with E-state index in [-0.39, 0.29) is 24.2 Å². The van der Waals surface area contributed by atoms with Crippen molar-refractivity contribution in [3.8, 4) is 0 Å². The lowest BCUT2D eigenvalue weighted by atomic mass is 10.1. The highest BCUT2D eigenvalue weighted by Crippen LogP contribution is 2.45. The maximum atomic E-state index is 11.4. The van der Waals surface area contributed by atoms with Crippen molar-refractivity contribution < 1.29 is 18.8 Å². The molecule has 0 aliphatic carbocycles. The van der Waals surface area contributed by atoms with E-state index in [0.717, 1.165) is 18.6 Å². The molecule has 1 rings (SSSR count). The van der Waals surface area contributed by atoms with E-state index in [9.17, 15) is 4.79 Å². The standard InChI is InChI=1S/C22H43NO4Si/c1-15(2)23-19(9)21(14-20(26-23)12-11-13-22(24)25-10)27-28(16(3)4,17(5)6)18(7)8/h14-20H,11-13H2,1-10H3/t19-,20+/m1/s1. The normalized spacial score (nSPS) is 21.6. The zero-order chi connectivity index (χ0) is 21.6. The quantitative estimate of drug-likeness (QED) is 0.334. The van der Waals surface area contributed by atoms with Crippen LogP contribution in [-0.2, 0) is 18.8 Å². The van der Waals surface area contributed by atoms with Crippen molar-refractivity contribution in [2.24, 2.45) is 0 Å². The summed E-state index contributed by atoms with van der Waals surface area (Å²) in [6.07, 6.45) is 4.02. The molecule has 5 nitrogen and oxygen atoms in total. The summed E-state index contributed by atoms with van der Waals surface area (Å²) in [5, 5.41) is 2.05. The van der Waals surface area contributed by atoms with Gasteiger partial charge in [-0.25, -0.2) is 0 Å². The number of carbonyl (C=O) groups excluding carboxylic acids is 1. The topological polar surface area (TPSA) is 48.0 Å². The van der Waals surface area contributed by atoms with Crippen LogP contribution in [0.3, 0.4) is 0 Å². The molecule has 0 saturated carbocycles. The van der Waals surface area contributed by atoms with Crippen LogP contribution in [0.1, 0.15) is 81.6 Å². The van der Waals surface area contributed by atoms with Crippen LogP contribution in [0, 0.1) is 0 Å². The molecule has 6 heteroatoms. The summed E-state index contributed by atoms with van der Waals surface area (Å²) in [6.45, 7) is 20.3. The van der Waals surface area contributed by atoms with Crippen molar-refractivity contribution >= 4 is 14.3 Å². The summed E-state index contributed by atoms with van der Waals surface area (Å²) in [5.41, 5.74) is 1.57. The lowest BCUT2D eigenvalue weighted by molar-refractivity contribution is -0.233. The van der Waals surface area contributed by atoms with Crippen LogP contribution in [0.4, 0.5) is 0 Å². The SMILES string of the molecule is COC(=O)CCC[C@H]1C=C(O[Si](C(C)C)(C(C)C)C(C)C)[C@@H](C)N(C(C)C)O1. The molecule has 0 unspecified atom stereocenters. The molecular weight excluding hydrogens is 370 g/mol. The fourth-order valence-corrected chi connectivity index (χ4v) is 10.0. The third-order valence-electron chi connectivity index (χ3n) is 6.01. The van der Waals surface area contributed by atoms with Crippen molar-refractivity contribution in [2.45, 2.75) is 116 Å². The van der Waals surface area contributed by atoms with E-state index in [4.69, 9.17) is 14.0 Å². The van der Waals surface area contributed by atoms with E-state index in [1.165, 1.54) is 7.11 Å². The average molecular weight is 414 g/mol. The van der Waals surface area contributed by atoms with Crippen LogP contribution in [0.15, 0.2) is 11.8 Å². The van der Waals surface area contributed by atoms with Crippen LogP contribution < -0.4 is 0 Å². The smallest absolute Gasteiger partial charge is 0.305 e. The molecule has 0 aromatic rings. The predicted octanol–water partition coefficient (Wildman–Crippen LogP) is 5.82. The highest BCUT2D eigenvalue weighted by atomic mass is 28.4. The van der Waals surface area contributed by atoms with Crippen LogP contribution >= 0.6 is 0 Å². The summed E-state index contributed by atoms with van der Waals surface area (Å²) < 4.78 is 11.8. The van der Waals surface area contributed by atoms with E-state index >= 15 is 0 Å². The first-order valence-corrected chi connectivity index (χ1v) is 13.0. The summed E-state index contributed by atoms with van der Waals surface area (Å²) in [4.78, 5) is 17.7. The van der Waals surface area contributed by atoms with Gasteiger partial charge in [0.2, 0.25) is 0 Å². The van der Waals surface area contributed by atoms with Gasteiger partial charge in [-0.1, -0.05) is 41.5 Å². The summed E-state index contributed by atoms with van der Waals surface area (Å²) >= 11 is 0. The molecule has 164 valence electrons. The average Bonchev–Trinajstić information content (AvgIpc) is 2.60. The van der Waals surface area contributed by atoms with E-state index < -0.39 is 8.32 Å². The fourth-order valence-electron chi connectivity index (χ4n) is 4.66. The molecule has 0 N–H and O–H groups in total. The van der Waals surface area contributed by atoms with Gasteiger partial charge in [-0.15, -0.1) is 0 Å². The number of hydroxylamine groups is 2. The maximum absolute atomic E-state index is 11.4. The molecular formula is C22H43NO4Si. The third-order valence-corrected chi connectivity index (χ3v) is 12.0. The molecule has 2 atom stereocenters. The molecule has 0 aromatic carbocycles. The number of ether oxygens (including phenoxy) is 1. The number of methoxy groups -OCH3 is 1. The second-order valence-corrected chi connectivity index (χ2v) is 14.6. The minimum atomic E-state index is -2.03. The Hall–Kier alpha value is -0.853. The second-order valence-electron chi connectivity index (χ2n) is 9.23. The van der Waals surface area contributed by atoms with Gasteiger partial charge in [-0.3, -0.25) is 9.63 Å². The number of hydrogen-bond acceptors (Lipinski definition) is 5. The number of carbonyl (C=O) groups is 1. The molecule has 0 saturated heterocycles. The van der Waals surface area contributed by atoms with E-state index in [1.807, 2.05) is 0 Å². The van der Waals surface area contributed by atoms with Crippen molar-refractivity contribution in [3.05, 3.63) is 11.8 Å². The number of rotatable bonds is 10. The first-order valence-electron chi connectivity index (χ1n) is 10.9. The van der Waals surface area contributed by atoms with Crippen LogP contribution in [-0.4, -0.2) is 44.6 Å². The number of nitrogens with zero attached hydrogens (tertiary/aromatic N) is 1. The van der Waals surface area contributed by atoms with Crippen LogP contribution in [0.2, 0.25) is 16.6 Å². The van der Waals surface area contributed by atoms with Crippen molar-refractivity contribution in [3.63, 3.8) is 0 Å². The Morgan fingerprint density at radius 3 is 2.07 bits per heavy atom. The molecule has 1 aliphatic heterocycles. The number of hydrogen-bond donors (Lipinski definition) is 0. The Labute approximate surface area is 173 Å². The first-order chi connectivity index (χ1) is 13.0. The predicted molar refractivity (Wildman–Crippen MR) is 117 cm³/mol. The molecule has 0 fully saturated rings. The van der Waals surface area contributed by atoms with Gasteiger partial charge in [-0.05, 0) is 56.3 Å². The Balaban J connectivity index is 3.13. The van der Waals surface area contributed by atoms with Crippen molar-refractivity contribution in [1.29, 1.82) is 0 Å². The zero-order valence-corrected chi connectivity index (χ0v) is 20.7. The van der Waals surface area contributed by atoms with Gasteiger partial charge in [-0.2, -0.15) is 5.06 Å². The Morgan fingerprint density at radius 2 is 1.64 bits per heavy atom. The monoisotopic (exact) mass is 413 g/mol. The van der Waals surface area contributed by atoms with Gasteiger partial charge in [0.15, 0.2) is 0 Å². The van der Waals surface area contributed by atoms with E-state index in [2.05, 4.69) is 73.5 Å². The first kappa shape index (κ1) is 25.2. The maximum Gasteiger partial charge on any atom is 0.305 e. The Kier molecular flexibility index (Phi) is 9.70. The summed E-state index contributed by atoms with van der Waals surface area (Å²) in [5.74, 6) is 0.877. The summed E-state index contributed by atoms with van der Waals surface area (Å²) in [6, 6.07) is 0.332. The molecule has 0 amide bonds. The largest absolute Gasteiger partial charge is 0.545 e. The van der Waals surface area contributed by atoms with Gasteiger partial charge in [0.1, 0.15) is 6.10 Å². The summed E-state index contributed by atoms with van der Waals surface area (Å²) in [7, 11) is -0.598. The van der Waals surface area contributed by atoms with E-state index in [0.29, 0.717) is 23.0 Å². The molecule has 0 spiro atoms. The van der Waals surface area contributed by atoms with E-state index in [1.54, 1.807) is 0 Å². The van der Waals surface area contributed by atoms with Gasteiger partial charge in [0, 0.05) is 12.5 Å². The second kappa shape index (κ2) is 10.8. The molecule has 28 heavy (non-hydrogen) atoms. The van der Waals surface area contributed by atoms with Crippen molar-refractivity contribution in [1.82, 2.24) is 5.06 Å². The van der Waals surface area contributed by atoms with Crippen molar-refractivity contribution in [2.75, 3.05) is 7.11 Å². The van der Waals surface area contributed by atoms with Gasteiger partial charge >= 0.3 is 5.97 Å². The van der Waals surface area contributed by atoms with Crippen LogP contribution in [0.5, 0.6) is 0 Å². The van der Waals surface area contributed by atoms with Gasteiger partial charge < -0.3 is 9.16 Å². The number of esters is 1. The minimum absolute atomic E-state index is 0.0727. The highest BCUT2D eigenvalue weighted by Gasteiger charge is 2.48. The van der Waals surface area contributed by atoms with Gasteiger partial charge in [0.25, 0.3) is 8.32 Å². The zero-order valence-electron chi connectivity index (χ0n) is 19.7. The van der Waals surface area contributed by atoms with Gasteiger partial charge in [0.05, 0.1) is 18.9 Å². The third kappa shape index (κ3) is 5.83. The van der Waals surface area contributed by atoms with Crippen LogP contribution in [0.25, 0.3) is 0 Å². The Bertz CT molecular complexity index is 509. The molecule has 1 aliphatic rings. The lowest BCUT2D eigenvalue weighted by Crippen LogP contribution is -2.52. The fraction of sp³-hybridized carbons (Fsp3) is 0.864. The molecule has 0 bridgehead atoms. The molecule has 1 heterocycles. The highest BCUT2D eigenvalue weighted by molar-refractivity contribution is 6.77.